The van der Waals surface area contributed by atoms with Crippen molar-refractivity contribution in [1.29, 1.82) is 0 Å². The van der Waals surface area contributed by atoms with Crippen LogP contribution in [0.15, 0.2) is 60.7 Å². The van der Waals surface area contributed by atoms with Gasteiger partial charge in [-0.15, -0.1) is 0 Å². The Morgan fingerprint density at radius 1 is 0.958 bits per heavy atom. The van der Waals surface area contributed by atoms with E-state index in [1.165, 1.54) is 12.1 Å². The van der Waals surface area contributed by atoms with Crippen molar-refractivity contribution >= 4 is 5.78 Å². The van der Waals surface area contributed by atoms with Gasteiger partial charge < -0.3 is 0 Å². The third-order valence-corrected chi connectivity index (χ3v) is 3.94. The number of carbonyl (C=O) groups excluding carboxylic acids is 1. The van der Waals surface area contributed by atoms with E-state index >= 15 is 0 Å². The molecule has 1 heterocycles. The number of carbonyl (C=O) groups is 1. The van der Waals surface area contributed by atoms with Gasteiger partial charge in [-0.25, -0.2) is 0 Å². The zero-order valence-corrected chi connectivity index (χ0v) is 12.9. The number of alkyl halides is 3. The average molecular weight is 331 g/mol. The summed E-state index contributed by atoms with van der Waals surface area (Å²) in [5.74, 6) is -0.400. The smallest absolute Gasteiger partial charge is 0.292 e. The summed E-state index contributed by atoms with van der Waals surface area (Å²) in [6, 6.07) is 11.6. The van der Waals surface area contributed by atoms with E-state index in [0.29, 0.717) is 12.1 Å². The molecule has 1 aliphatic rings. The van der Waals surface area contributed by atoms with Crippen LogP contribution in [0, 0.1) is 0 Å². The summed E-state index contributed by atoms with van der Waals surface area (Å²) in [7, 11) is 0. The lowest BCUT2D eigenvalue weighted by Crippen LogP contribution is -2.19. The molecule has 2 nitrogen and oxygen atoms in total. The normalized spacial score (nSPS) is 15.0. The molecule has 24 heavy (non-hydrogen) atoms. The van der Waals surface area contributed by atoms with Gasteiger partial charge >= 0.3 is 6.18 Å². The molecule has 0 unspecified atom stereocenters. The summed E-state index contributed by atoms with van der Waals surface area (Å²) in [6.45, 7) is 2.44. The Bertz CT molecular complexity index is 772. The minimum absolute atomic E-state index is 0.0461. The minimum atomic E-state index is -4.46. The highest BCUT2D eigenvalue weighted by Crippen LogP contribution is 2.30. The van der Waals surface area contributed by atoms with Gasteiger partial charge in [0.05, 0.1) is 5.56 Å². The summed E-state index contributed by atoms with van der Waals surface area (Å²) in [6.07, 6.45) is -0.295. The Kier molecular flexibility index (Phi) is 4.53. The molecule has 0 saturated heterocycles. The Morgan fingerprint density at radius 3 is 2.25 bits per heavy atom. The predicted octanol–water partition coefficient (Wildman–Crippen LogP) is 4.31. The first-order chi connectivity index (χ1) is 11.4. The van der Waals surface area contributed by atoms with E-state index in [0.717, 1.165) is 30.8 Å². The lowest BCUT2D eigenvalue weighted by Gasteiger charge is -2.15. The molecule has 0 fully saturated rings. The first kappa shape index (κ1) is 16.5. The highest BCUT2D eigenvalue weighted by atomic mass is 19.4. The molecular weight excluding hydrogens is 315 g/mol. The average Bonchev–Trinajstić information content (AvgIpc) is 3.07. The summed E-state index contributed by atoms with van der Waals surface area (Å²) < 4.78 is 38.4. The van der Waals surface area contributed by atoms with E-state index in [1.807, 2.05) is 6.07 Å². The van der Waals surface area contributed by atoms with Crippen LogP contribution in [-0.2, 0) is 12.7 Å². The molecule has 2 aromatic rings. The van der Waals surface area contributed by atoms with Crippen molar-refractivity contribution in [1.82, 2.24) is 4.90 Å². The predicted molar refractivity (Wildman–Crippen MR) is 85.7 cm³/mol. The van der Waals surface area contributed by atoms with Crippen molar-refractivity contribution in [2.24, 2.45) is 0 Å². The highest BCUT2D eigenvalue weighted by molar-refractivity contribution is 6.09. The summed E-state index contributed by atoms with van der Waals surface area (Å²) >= 11 is 0. The van der Waals surface area contributed by atoms with Crippen LogP contribution in [0.4, 0.5) is 13.2 Å². The lowest BCUT2D eigenvalue weighted by molar-refractivity contribution is -0.137. The zero-order chi connectivity index (χ0) is 17.2. The third kappa shape index (κ3) is 3.74. The lowest BCUT2D eigenvalue weighted by atomic mass is 9.99. The number of ketones is 1. The molecule has 5 heteroatoms. The number of hydrogen-bond acceptors (Lipinski definition) is 2. The first-order valence-electron chi connectivity index (χ1n) is 7.62. The van der Waals surface area contributed by atoms with Gasteiger partial charge in [0.15, 0.2) is 5.78 Å². The molecule has 0 N–H and O–H groups in total. The maximum absolute atomic E-state index is 12.8. The molecule has 0 aromatic heterocycles. The monoisotopic (exact) mass is 331 g/mol. The van der Waals surface area contributed by atoms with Gasteiger partial charge in [-0.05, 0) is 23.8 Å². The Labute approximate surface area is 138 Å². The van der Waals surface area contributed by atoms with E-state index < -0.39 is 17.5 Å². The fraction of sp³-hybridized carbons (Fsp3) is 0.211. The molecular formula is C19H16F3NO. The summed E-state index contributed by atoms with van der Waals surface area (Å²) in [4.78, 5) is 14.7. The molecule has 0 atom stereocenters. The van der Waals surface area contributed by atoms with Gasteiger partial charge in [-0.3, -0.25) is 9.69 Å². The molecule has 0 spiro atoms. The number of rotatable bonds is 4. The van der Waals surface area contributed by atoms with Crippen molar-refractivity contribution < 1.29 is 18.0 Å². The largest absolute Gasteiger partial charge is 0.416 e. The third-order valence-electron chi connectivity index (χ3n) is 3.94. The second-order valence-electron chi connectivity index (χ2n) is 5.77. The number of nitrogens with zero attached hydrogens (tertiary/aromatic N) is 1. The van der Waals surface area contributed by atoms with Crippen LogP contribution in [0.3, 0.4) is 0 Å². The van der Waals surface area contributed by atoms with E-state index in [-0.39, 0.29) is 5.56 Å². The summed E-state index contributed by atoms with van der Waals surface area (Å²) in [5.41, 5.74) is 0.605. The standard InChI is InChI=1S/C19H16F3NO/c20-19(21,22)17-8-4-7-16(12-17)18(24)15-6-3-5-14(11-15)13-23-9-1-2-10-23/h1-8,11-12H,9-10,13H2. The fourth-order valence-corrected chi connectivity index (χ4v) is 2.72. The first-order valence-corrected chi connectivity index (χ1v) is 7.62. The fourth-order valence-electron chi connectivity index (χ4n) is 2.72. The minimum Gasteiger partial charge on any atom is -0.292 e. The molecule has 0 bridgehead atoms. The van der Waals surface area contributed by atoms with Gasteiger partial charge in [0, 0.05) is 30.8 Å². The van der Waals surface area contributed by atoms with Gasteiger partial charge in [-0.2, -0.15) is 13.2 Å². The van der Waals surface area contributed by atoms with Gasteiger partial charge in [0.1, 0.15) is 0 Å². The van der Waals surface area contributed by atoms with Crippen LogP contribution in [0.5, 0.6) is 0 Å². The Hall–Kier alpha value is -2.40. The van der Waals surface area contributed by atoms with Crippen molar-refractivity contribution in [3.05, 3.63) is 82.9 Å². The number of hydrogen-bond donors (Lipinski definition) is 0. The Morgan fingerprint density at radius 2 is 1.58 bits per heavy atom. The van der Waals surface area contributed by atoms with Crippen LogP contribution in [0.25, 0.3) is 0 Å². The van der Waals surface area contributed by atoms with Gasteiger partial charge in [0.25, 0.3) is 0 Å². The quantitative estimate of drug-likeness (QED) is 0.615. The van der Waals surface area contributed by atoms with Crippen LogP contribution < -0.4 is 0 Å². The second-order valence-corrected chi connectivity index (χ2v) is 5.77. The van der Waals surface area contributed by atoms with Crippen molar-refractivity contribution in [2.75, 3.05) is 13.1 Å². The zero-order valence-electron chi connectivity index (χ0n) is 12.9. The van der Waals surface area contributed by atoms with Crippen molar-refractivity contribution in [2.45, 2.75) is 12.7 Å². The molecule has 2 aromatic carbocycles. The van der Waals surface area contributed by atoms with E-state index in [1.54, 1.807) is 18.2 Å². The van der Waals surface area contributed by atoms with Crippen LogP contribution in [0.1, 0.15) is 27.0 Å². The maximum Gasteiger partial charge on any atom is 0.416 e. The van der Waals surface area contributed by atoms with Crippen molar-refractivity contribution in [3.8, 4) is 0 Å². The van der Waals surface area contributed by atoms with E-state index in [2.05, 4.69) is 17.1 Å². The molecule has 0 amide bonds. The van der Waals surface area contributed by atoms with Gasteiger partial charge in [0.2, 0.25) is 0 Å². The van der Waals surface area contributed by atoms with E-state index in [9.17, 15) is 18.0 Å². The highest BCUT2D eigenvalue weighted by Gasteiger charge is 2.31. The SMILES string of the molecule is O=C(c1cccc(CN2CC=CC2)c1)c1cccc(C(F)(F)F)c1. The number of benzene rings is 2. The van der Waals surface area contributed by atoms with E-state index in [4.69, 9.17) is 0 Å². The number of halogens is 3. The van der Waals surface area contributed by atoms with Gasteiger partial charge in [-0.1, -0.05) is 42.5 Å². The Balaban J connectivity index is 1.82. The maximum atomic E-state index is 12.8. The molecule has 1 aliphatic heterocycles. The molecule has 0 saturated carbocycles. The van der Waals surface area contributed by atoms with Crippen LogP contribution in [0.2, 0.25) is 0 Å². The van der Waals surface area contributed by atoms with Crippen LogP contribution in [-0.4, -0.2) is 23.8 Å². The van der Waals surface area contributed by atoms with Crippen molar-refractivity contribution in [3.63, 3.8) is 0 Å². The topological polar surface area (TPSA) is 20.3 Å². The molecule has 3 rings (SSSR count). The second kappa shape index (κ2) is 6.61. The van der Waals surface area contributed by atoms with Crippen LogP contribution >= 0.6 is 0 Å². The molecule has 0 radical (unpaired) electrons. The molecule has 124 valence electrons. The molecule has 0 aliphatic carbocycles. The summed E-state index contributed by atoms with van der Waals surface area (Å²) in [5, 5.41) is 0.